The summed E-state index contributed by atoms with van der Waals surface area (Å²) >= 11 is 5.96. The van der Waals surface area contributed by atoms with Gasteiger partial charge in [-0.1, -0.05) is 35.9 Å². The monoisotopic (exact) mass is 285 g/mol. The molecule has 0 aromatic heterocycles. The molecule has 0 radical (unpaired) electrons. The molecule has 1 aliphatic heterocycles. The Morgan fingerprint density at radius 2 is 1.95 bits per heavy atom. The first-order valence-corrected chi connectivity index (χ1v) is 7.10. The smallest absolute Gasteiger partial charge is 0.119 e. The fraction of sp³-hybridized carbons (Fsp3) is 0.235. The maximum Gasteiger partial charge on any atom is 0.119 e. The first-order chi connectivity index (χ1) is 9.78. The van der Waals surface area contributed by atoms with Gasteiger partial charge in [-0.25, -0.2) is 0 Å². The number of nitrogens with zero attached hydrogens (tertiary/aromatic N) is 1. The molecule has 3 rings (SSSR count). The minimum absolute atomic E-state index is 0.347. The second-order valence-electron chi connectivity index (χ2n) is 4.89. The lowest BCUT2D eigenvalue weighted by Crippen LogP contribution is -2.09. The average Bonchev–Trinajstić information content (AvgIpc) is 2.97. The summed E-state index contributed by atoms with van der Waals surface area (Å²) in [6.07, 6.45) is 1.05. The maximum atomic E-state index is 5.96. The van der Waals surface area contributed by atoms with Gasteiger partial charge in [0, 0.05) is 23.2 Å². The zero-order valence-corrected chi connectivity index (χ0v) is 12.1. The molecule has 0 amide bonds. The van der Waals surface area contributed by atoms with Gasteiger partial charge < -0.3 is 4.74 Å². The summed E-state index contributed by atoms with van der Waals surface area (Å²) in [6, 6.07) is 16.2. The normalized spacial score (nSPS) is 17.9. The molecule has 0 saturated heterocycles. The third-order valence-electron chi connectivity index (χ3n) is 3.67. The highest BCUT2D eigenvalue weighted by Gasteiger charge is 2.24. The minimum Gasteiger partial charge on any atom is -0.497 e. The molecule has 2 nitrogen and oxygen atoms in total. The van der Waals surface area contributed by atoms with Crippen LogP contribution < -0.4 is 4.74 Å². The molecule has 3 heteroatoms. The summed E-state index contributed by atoms with van der Waals surface area (Å²) in [4.78, 5) is 4.69. The van der Waals surface area contributed by atoms with E-state index >= 15 is 0 Å². The Morgan fingerprint density at radius 3 is 2.70 bits per heavy atom. The van der Waals surface area contributed by atoms with Crippen LogP contribution in [0.2, 0.25) is 5.02 Å². The van der Waals surface area contributed by atoms with E-state index in [0.29, 0.717) is 5.92 Å². The van der Waals surface area contributed by atoms with Crippen LogP contribution in [0.4, 0.5) is 0 Å². The quantitative estimate of drug-likeness (QED) is 0.823. The predicted octanol–water partition coefficient (Wildman–Crippen LogP) is 4.33. The van der Waals surface area contributed by atoms with Crippen LogP contribution in [0.1, 0.15) is 23.5 Å². The van der Waals surface area contributed by atoms with Gasteiger partial charge >= 0.3 is 0 Å². The highest BCUT2D eigenvalue weighted by atomic mass is 35.5. The molecule has 0 aliphatic carbocycles. The molecule has 0 saturated carbocycles. The zero-order chi connectivity index (χ0) is 13.9. The van der Waals surface area contributed by atoms with E-state index in [-0.39, 0.29) is 0 Å². The van der Waals surface area contributed by atoms with Crippen molar-refractivity contribution in [2.24, 2.45) is 4.99 Å². The Balaban J connectivity index is 1.94. The highest BCUT2D eigenvalue weighted by Crippen LogP contribution is 2.31. The molecular weight excluding hydrogens is 270 g/mol. The molecule has 2 aromatic rings. The van der Waals surface area contributed by atoms with Crippen molar-refractivity contribution in [3.05, 3.63) is 64.7 Å². The van der Waals surface area contributed by atoms with Gasteiger partial charge in [-0.3, -0.25) is 4.99 Å². The second kappa shape index (κ2) is 5.68. The molecule has 20 heavy (non-hydrogen) atoms. The van der Waals surface area contributed by atoms with Crippen molar-refractivity contribution >= 4 is 17.3 Å². The van der Waals surface area contributed by atoms with Gasteiger partial charge in [0.15, 0.2) is 0 Å². The summed E-state index contributed by atoms with van der Waals surface area (Å²) in [5.41, 5.74) is 3.56. The van der Waals surface area contributed by atoms with Gasteiger partial charge in [0.2, 0.25) is 0 Å². The summed E-state index contributed by atoms with van der Waals surface area (Å²) in [7, 11) is 1.69. The molecule has 1 unspecified atom stereocenters. The number of halogens is 1. The van der Waals surface area contributed by atoms with Crippen LogP contribution in [0.15, 0.2) is 53.5 Å². The van der Waals surface area contributed by atoms with Crippen molar-refractivity contribution in [2.45, 2.75) is 12.3 Å². The first-order valence-electron chi connectivity index (χ1n) is 6.72. The molecule has 2 aromatic carbocycles. The molecule has 1 heterocycles. The van der Waals surface area contributed by atoms with E-state index in [9.17, 15) is 0 Å². The Bertz CT molecular complexity index is 634. The molecule has 102 valence electrons. The van der Waals surface area contributed by atoms with Gasteiger partial charge in [-0.2, -0.15) is 0 Å². The van der Waals surface area contributed by atoms with E-state index in [1.165, 1.54) is 5.56 Å². The predicted molar refractivity (Wildman–Crippen MR) is 83.2 cm³/mol. The number of hydrogen-bond acceptors (Lipinski definition) is 2. The lowest BCUT2D eigenvalue weighted by molar-refractivity contribution is 0.414. The molecule has 1 aliphatic rings. The number of ether oxygens (including phenoxy) is 1. The Labute approximate surface area is 124 Å². The van der Waals surface area contributed by atoms with Crippen LogP contribution in [0.5, 0.6) is 5.75 Å². The van der Waals surface area contributed by atoms with E-state index in [1.54, 1.807) is 7.11 Å². The average molecular weight is 286 g/mol. The van der Waals surface area contributed by atoms with Crippen molar-refractivity contribution in [3.8, 4) is 5.75 Å². The lowest BCUT2D eigenvalue weighted by Gasteiger charge is -2.14. The number of hydrogen-bond donors (Lipinski definition) is 0. The molecular formula is C17H16ClNO. The van der Waals surface area contributed by atoms with Crippen LogP contribution in [0.25, 0.3) is 0 Å². The minimum atomic E-state index is 0.347. The second-order valence-corrected chi connectivity index (χ2v) is 5.33. The molecule has 0 N–H and O–H groups in total. The lowest BCUT2D eigenvalue weighted by atomic mass is 9.89. The largest absolute Gasteiger partial charge is 0.497 e. The van der Waals surface area contributed by atoms with Gasteiger partial charge in [0.05, 0.1) is 7.11 Å². The molecule has 0 spiro atoms. The standard InChI is InChI=1S/C17H16ClNO/c1-20-15-4-2-3-13(11-15)17-16(9-10-19-17)12-5-7-14(18)8-6-12/h2-8,11,16H,9-10H2,1H3. The van der Waals surface area contributed by atoms with Crippen molar-refractivity contribution < 1.29 is 4.74 Å². The first kappa shape index (κ1) is 13.2. The Hall–Kier alpha value is -1.80. The van der Waals surface area contributed by atoms with Crippen molar-refractivity contribution in [3.63, 3.8) is 0 Å². The molecule has 0 fully saturated rings. The number of aliphatic imine (C=N–C) groups is 1. The van der Waals surface area contributed by atoms with Crippen LogP contribution in [0.3, 0.4) is 0 Å². The third-order valence-corrected chi connectivity index (χ3v) is 3.92. The van der Waals surface area contributed by atoms with Gasteiger partial charge in [-0.05, 0) is 41.8 Å². The van der Waals surface area contributed by atoms with Gasteiger partial charge in [0.25, 0.3) is 0 Å². The molecule has 1 atom stereocenters. The Morgan fingerprint density at radius 1 is 1.15 bits per heavy atom. The number of benzene rings is 2. The van der Waals surface area contributed by atoms with E-state index in [1.807, 2.05) is 30.3 Å². The zero-order valence-electron chi connectivity index (χ0n) is 11.3. The van der Waals surface area contributed by atoms with Crippen LogP contribution in [-0.2, 0) is 0 Å². The molecule has 0 bridgehead atoms. The van der Waals surface area contributed by atoms with Crippen molar-refractivity contribution in [2.75, 3.05) is 13.7 Å². The summed E-state index contributed by atoms with van der Waals surface area (Å²) in [6.45, 7) is 0.875. The highest BCUT2D eigenvalue weighted by molar-refractivity contribution is 6.30. The SMILES string of the molecule is COc1cccc(C2=NCCC2c2ccc(Cl)cc2)c1. The third kappa shape index (κ3) is 2.56. The number of rotatable bonds is 3. The van der Waals surface area contributed by atoms with Crippen LogP contribution in [-0.4, -0.2) is 19.4 Å². The van der Waals surface area contributed by atoms with Crippen molar-refractivity contribution in [1.29, 1.82) is 0 Å². The summed E-state index contributed by atoms with van der Waals surface area (Å²) < 4.78 is 5.30. The van der Waals surface area contributed by atoms with E-state index in [4.69, 9.17) is 16.3 Å². The van der Waals surface area contributed by atoms with Crippen LogP contribution >= 0.6 is 11.6 Å². The van der Waals surface area contributed by atoms with Gasteiger partial charge in [-0.15, -0.1) is 0 Å². The fourth-order valence-corrected chi connectivity index (χ4v) is 2.78. The van der Waals surface area contributed by atoms with E-state index < -0.39 is 0 Å². The van der Waals surface area contributed by atoms with Gasteiger partial charge in [0.1, 0.15) is 5.75 Å². The Kier molecular flexibility index (Phi) is 3.75. The van der Waals surface area contributed by atoms with E-state index in [0.717, 1.165) is 35.0 Å². The van der Waals surface area contributed by atoms with E-state index in [2.05, 4.69) is 23.2 Å². The fourth-order valence-electron chi connectivity index (χ4n) is 2.66. The topological polar surface area (TPSA) is 21.6 Å². The van der Waals surface area contributed by atoms with Crippen LogP contribution in [0, 0.1) is 0 Å². The summed E-state index contributed by atoms with van der Waals surface area (Å²) in [5, 5.41) is 0.770. The number of methoxy groups -OCH3 is 1. The maximum absolute atomic E-state index is 5.96. The summed E-state index contributed by atoms with van der Waals surface area (Å²) in [5.74, 6) is 1.21. The van der Waals surface area contributed by atoms with Crippen molar-refractivity contribution in [1.82, 2.24) is 0 Å².